The van der Waals surface area contributed by atoms with Crippen molar-refractivity contribution in [3.8, 4) is 0 Å². The van der Waals surface area contributed by atoms with Gasteiger partial charge in [0.25, 0.3) is 11.1 Å². The zero-order valence-electron chi connectivity index (χ0n) is 19.4. The molecule has 0 N–H and O–H groups in total. The fraction of sp³-hybridized carbons (Fsp3) is 0.296. The summed E-state index contributed by atoms with van der Waals surface area (Å²) >= 11 is 7.16. The van der Waals surface area contributed by atoms with Crippen molar-refractivity contribution in [3.05, 3.63) is 75.8 Å². The summed E-state index contributed by atoms with van der Waals surface area (Å²) in [4.78, 5) is 42.4. The number of rotatable bonds is 5. The lowest BCUT2D eigenvalue weighted by Crippen LogP contribution is -2.43. The van der Waals surface area contributed by atoms with Crippen LogP contribution >= 0.6 is 23.4 Å². The van der Waals surface area contributed by atoms with E-state index in [4.69, 9.17) is 11.6 Å². The van der Waals surface area contributed by atoms with E-state index in [-0.39, 0.29) is 36.2 Å². The maximum atomic E-state index is 13.1. The molecule has 2 aliphatic heterocycles. The van der Waals surface area contributed by atoms with E-state index in [0.29, 0.717) is 9.93 Å². The van der Waals surface area contributed by atoms with Gasteiger partial charge in [-0.2, -0.15) is 0 Å². The molecule has 0 radical (unpaired) electrons. The first-order valence-electron chi connectivity index (χ1n) is 11.8. The first kappa shape index (κ1) is 23.7. The highest BCUT2D eigenvalue weighted by Crippen LogP contribution is 2.35. The summed E-state index contributed by atoms with van der Waals surface area (Å²) < 4.78 is 1.94. The fourth-order valence-electron chi connectivity index (χ4n) is 4.80. The summed E-state index contributed by atoms with van der Waals surface area (Å²) in [6, 6.07) is 15.3. The van der Waals surface area contributed by atoms with Gasteiger partial charge in [-0.15, -0.1) is 0 Å². The monoisotopic (exact) mass is 507 g/mol. The summed E-state index contributed by atoms with van der Waals surface area (Å²) in [6.07, 6.45) is 6.89. The van der Waals surface area contributed by atoms with Gasteiger partial charge >= 0.3 is 0 Å². The number of hydrogen-bond donors (Lipinski definition) is 0. The van der Waals surface area contributed by atoms with Gasteiger partial charge in [0.2, 0.25) is 5.91 Å². The van der Waals surface area contributed by atoms with Crippen molar-refractivity contribution in [3.63, 3.8) is 0 Å². The second kappa shape index (κ2) is 9.91. The topological polar surface area (TPSA) is 62.6 Å². The predicted octanol–water partition coefficient (Wildman–Crippen LogP) is 5.93. The van der Waals surface area contributed by atoms with E-state index in [2.05, 4.69) is 6.92 Å². The molecule has 2 aromatic carbocycles. The number of hydrogen-bond acceptors (Lipinski definition) is 4. The lowest BCUT2D eigenvalue weighted by atomic mass is 10.0. The van der Waals surface area contributed by atoms with Crippen molar-refractivity contribution < 1.29 is 14.4 Å². The van der Waals surface area contributed by atoms with E-state index in [0.717, 1.165) is 59.6 Å². The number of likely N-dealkylation sites (tertiary alicyclic amines) is 1. The lowest BCUT2D eigenvalue weighted by molar-refractivity contribution is -0.135. The van der Waals surface area contributed by atoms with Crippen molar-refractivity contribution in [2.45, 2.75) is 45.3 Å². The van der Waals surface area contributed by atoms with Crippen molar-refractivity contribution in [1.82, 2.24) is 14.4 Å². The fourth-order valence-corrected chi connectivity index (χ4v) is 5.83. The molecule has 2 fully saturated rings. The molecule has 5 rings (SSSR count). The number of carbonyl (C=O) groups is 3. The van der Waals surface area contributed by atoms with Gasteiger partial charge in [-0.05, 0) is 61.7 Å². The Hall–Kier alpha value is -3.03. The summed E-state index contributed by atoms with van der Waals surface area (Å²) in [6.45, 7) is 3.28. The van der Waals surface area contributed by atoms with Crippen LogP contribution in [-0.2, 0) is 22.7 Å². The molecule has 2 aliphatic rings. The Kier molecular flexibility index (Phi) is 6.71. The van der Waals surface area contributed by atoms with Crippen LogP contribution in [-0.4, -0.2) is 44.0 Å². The van der Waals surface area contributed by atoms with E-state index in [9.17, 15) is 14.4 Å². The molecule has 1 atom stereocenters. The molecule has 3 aromatic rings. The number of amides is 3. The predicted molar refractivity (Wildman–Crippen MR) is 140 cm³/mol. The van der Waals surface area contributed by atoms with Crippen LogP contribution in [0.15, 0.2) is 59.6 Å². The highest BCUT2D eigenvalue weighted by molar-refractivity contribution is 8.18. The van der Waals surface area contributed by atoms with Crippen LogP contribution in [0.4, 0.5) is 4.79 Å². The molecule has 2 saturated heterocycles. The summed E-state index contributed by atoms with van der Waals surface area (Å²) in [5.41, 5.74) is 2.45. The first-order chi connectivity index (χ1) is 16.9. The van der Waals surface area contributed by atoms with Crippen molar-refractivity contribution in [2.75, 3.05) is 6.54 Å². The molecular weight excluding hydrogens is 482 g/mol. The second-order valence-corrected chi connectivity index (χ2v) is 10.4. The minimum absolute atomic E-state index is 0.101. The SMILES string of the molecule is C[C@H]1CCCCN1C(=O)Cn1cc(/C=C2\SC(=O)N(Cc3ccccc3Cl)C2=O)c2ccccc21. The third-order valence-electron chi connectivity index (χ3n) is 6.69. The zero-order chi connectivity index (χ0) is 24.5. The van der Waals surface area contributed by atoms with Crippen LogP contribution in [0.5, 0.6) is 0 Å². The van der Waals surface area contributed by atoms with Crippen molar-refractivity contribution in [2.24, 2.45) is 0 Å². The number of aromatic nitrogens is 1. The molecule has 35 heavy (non-hydrogen) atoms. The molecule has 3 heterocycles. The molecule has 0 aliphatic carbocycles. The van der Waals surface area contributed by atoms with E-state index >= 15 is 0 Å². The number of fused-ring (bicyclic) bond motifs is 1. The van der Waals surface area contributed by atoms with E-state index in [1.54, 1.807) is 12.1 Å². The zero-order valence-corrected chi connectivity index (χ0v) is 21.0. The van der Waals surface area contributed by atoms with Crippen molar-refractivity contribution in [1.29, 1.82) is 0 Å². The lowest BCUT2D eigenvalue weighted by Gasteiger charge is -2.33. The van der Waals surface area contributed by atoms with Gasteiger partial charge in [-0.3, -0.25) is 19.3 Å². The number of nitrogens with zero attached hydrogens (tertiary/aromatic N) is 3. The van der Waals surface area contributed by atoms with E-state index in [1.807, 2.05) is 58.1 Å². The third kappa shape index (κ3) is 4.75. The molecule has 8 heteroatoms. The minimum Gasteiger partial charge on any atom is -0.338 e. The molecule has 0 saturated carbocycles. The van der Waals surface area contributed by atoms with Crippen LogP contribution in [0.3, 0.4) is 0 Å². The molecular formula is C27H26ClN3O3S. The van der Waals surface area contributed by atoms with Gasteiger partial charge in [0.15, 0.2) is 0 Å². The Morgan fingerprint density at radius 2 is 1.89 bits per heavy atom. The molecule has 6 nitrogen and oxygen atoms in total. The largest absolute Gasteiger partial charge is 0.338 e. The average Bonchev–Trinajstić information content (AvgIpc) is 3.32. The maximum Gasteiger partial charge on any atom is 0.293 e. The Morgan fingerprint density at radius 3 is 2.69 bits per heavy atom. The Bertz CT molecular complexity index is 1350. The molecule has 0 spiro atoms. The molecule has 0 unspecified atom stereocenters. The number of para-hydroxylation sites is 1. The quantitative estimate of drug-likeness (QED) is 0.401. The van der Waals surface area contributed by atoms with Crippen LogP contribution in [0.25, 0.3) is 17.0 Å². The molecule has 180 valence electrons. The Morgan fingerprint density at radius 1 is 1.11 bits per heavy atom. The summed E-state index contributed by atoms with van der Waals surface area (Å²) in [5, 5.41) is 1.13. The van der Waals surface area contributed by atoms with Gasteiger partial charge in [-0.25, -0.2) is 0 Å². The normalized spacial score (nSPS) is 19.8. The standard InChI is InChI=1S/C27H26ClN3O3S/c1-18-8-6-7-13-30(18)25(32)17-29-15-20(21-10-3-5-12-23(21)29)14-24-26(33)31(27(34)35-24)16-19-9-2-4-11-22(19)28/h2-5,9-12,14-15,18H,6-8,13,16-17H2,1H3/b24-14-/t18-/m0/s1. The van der Waals surface area contributed by atoms with Crippen LogP contribution in [0.1, 0.15) is 37.3 Å². The number of benzene rings is 2. The molecule has 1 aromatic heterocycles. The highest BCUT2D eigenvalue weighted by Gasteiger charge is 2.35. The van der Waals surface area contributed by atoms with Crippen LogP contribution in [0.2, 0.25) is 5.02 Å². The van der Waals surface area contributed by atoms with Gasteiger partial charge in [-0.1, -0.05) is 48.0 Å². The number of thioether (sulfide) groups is 1. The Balaban J connectivity index is 1.42. The molecule has 0 bridgehead atoms. The van der Waals surface area contributed by atoms with Crippen LogP contribution in [0, 0.1) is 0 Å². The number of piperidine rings is 1. The van der Waals surface area contributed by atoms with Crippen molar-refractivity contribution >= 4 is 57.4 Å². The van der Waals surface area contributed by atoms with Crippen LogP contribution < -0.4 is 0 Å². The van der Waals surface area contributed by atoms with Gasteiger partial charge < -0.3 is 9.47 Å². The minimum atomic E-state index is -0.338. The van der Waals surface area contributed by atoms with Gasteiger partial charge in [0, 0.05) is 40.3 Å². The van der Waals surface area contributed by atoms with Gasteiger partial charge in [0.05, 0.1) is 11.4 Å². The molecule has 3 amide bonds. The van der Waals surface area contributed by atoms with Gasteiger partial charge in [0.1, 0.15) is 6.54 Å². The third-order valence-corrected chi connectivity index (χ3v) is 7.97. The number of imide groups is 1. The number of carbonyl (C=O) groups excluding carboxylic acids is 3. The Labute approximate surface area is 213 Å². The second-order valence-electron chi connectivity index (χ2n) is 9.02. The first-order valence-corrected chi connectivity index (χ1v) is 13.0. The highest BCUT2D eigenvalue weighted by atomic mass is 35.5. The maximum absolute atomic E-state index is 13.1. The van der Waals surface area contributed by atoms with E-state index in [1.165, 1.54) is 4.90 Å². The average molecular weight is 508 g/mol. The van der Waals surface area contributed by atoms with E-state index < -0.39 is 0 Å². The number of halogens is 1. The summed E-state index contributed by atoms with van der Waals surface area (Å²) in [5.74, 6) is -0.237. The summed E-state index contributed by atoms with van der Waals surface area (Å²) in [7, 11) is 0. The smallest absolute Gasteiger partial charge is 0.293 e.